The molecule has 1 aliphatic carbocycles. The number of aromatic nitrogens is 1. The number of amides is 1. The Kier molecular flexibility index (Phi) is 6.29. The van der Waals surface area contributed by atoms with E-state index in [4.69, 9.17) is 5.73 Å². The first-order chi connectivity index (χ1) is 14.5. The molecule has 0 spiro atoms. The first kappa shape index (κ1) is 23.0. The van der Waals surface area contributed by atoms with Crippen LogP contribution in [0.25, 0.3) is 0 Å². The lowest BCUT2D eigenvalue weighted by Crippen LogP contribution is -2.66. The molecule has 0 aliphatic heterocycles. The summed E-state index contributed by atoms with van der Waals surface area (Å²) in [5, 5.41) is 5.75. The van der Waals surface area contributed by atoms with Crippen molar-refractivity contribution in [1.29, 1.82) is 0 Å². The van der Waals surface area contributed by atoms with Crippen LogP contribution in [0.3, 0.4) is 0 Å². The van der Waals surface area contributed by atoms with Crippen molar-refractivity contribution in [3.8, 4) is 0 Å². The van der Waals surface area contributed by atoms with Gasteiger partial charge in [-0.2, -0.15) is 9.37 Å². The highest BCUT2D eigenvalue weighted by Gasteiger charge is 2.53. The highest BCUT2D eigenvalue weighted by molar-refractivity contribution is 5.98. The van der Waals surface area contributed by atoms with E-state index in [2.05, 4.69) is 15.6 Å². The molecule has 1 saturated carbocycles. The van der Waals surface area contributed by atoms with Gasteiger partial charge in [-0.25, -0.2) is 8.78 Å². The molecule has 168 valence electrons. The number of carbonyl (C=O) groups is 1. The summed E-state index contributed by atoms with van der Waals surface area (Å²) in [6, 6.07) is 6.62. The highest BCUT2D eigenvalue weighted by Crippen LogP contribution is 2.40. The fourth-order valence-corrected chi connectivity index (χ4v) is 4.43. The van der Waals surface area contributed by atoms with Gasteiger partial charge < -0.3 is 16.4 Å². The molecule has 0 bridgehead atoms. The van der Waals surface area contributed by atoms with Crippen LogP contribution in [0.15, 0.2) is 30.3 Å². The van der Waals surface area contributed by atoms with E-state index in [1.54, 1.807) is 20.2 Å². The number of carbonyl (C=O) groups excluding carboxylic acids is 1. The number of nitrogens with one attached hydrogen (secondary N) is 2. The molecule has 1 amide bonds. The maximum absolute atomic E-state index is 15.1. The van der Waals surface area contributed by atoms with Gasteiger partial charge in [0.2, 0.25) is 5.82 Å². The van der Waals surface area contributed by atoms with Crippen molar-refractivity contribution in [2.45, 2.75) is 44.2 Å². The molecule has 1 aromatic heterocycles. The Bertz CT molecular complexity index is 980. The van der Waals surface area contributed by atoms with E-state index >= 15 is 4.39 Å². The molecule has 6 nitrogen and oxygen atoms in total. The van der Waals surface area contributed by atoms with E-state index in [-0.39, 0.29) is 28.1 Å². The minimum absolute atomic E-state index is 0.0388. The molecule has 31 heavy (non-hydrogen) atoms. The minimum atomic E-state index is -2.92. The molecule has 0 saturated heterocycles. The van der Waals surface area contributed by atoms with Gasteiger partial charge in [0, 0.05) is 18.5 Å². The zero-order chi connectivity index (χ0) is 23.0. The lowest BCUT2D eigenvalue weighted by atomic mass is 9.85. The first-order valence-corrected chi connectivity index (χ1v) is 10.2. The number of nitrogens with zero attached hydrogens (tertiary/aromatic N) is 2. The van der Waals surface area contributed by atoms with Crippen LogP contribution in [-0.2, 0) is 0 Å². The number of hydrogen-bond acceptors (Lipinski definition) is 4. The molecule has 4 N–H and O–H groups in total. The number of primary amides is 1. The number of hydrogen-bond donors (Lipinski definition) is 3. The van der Waals surface area contributed by atoms with Crippen molar-refractivity contribution < 1.29 is 18.0 Å². The molecule has 2 atom stereocenters. The van der Waals surface area contributed by atoms with Gasteiger partial charge in [-0.3, -0.25) is 9.28 Å². The number of nitrogens with two attached hydrogens (primary N) is 1. The second-order valence-corrected chi connectivity index (χ2v) is 8.58. The van der Waals surface area contributed by atoms with Gasteiger partial charge in [0.05, 0.1) is 19.7 Å². The summed E-state index contributed by atoms with van der Waals surface area (Å²) in [5.74, 6) is -4.47. The maximum atomic E-state index is 15.1. The SMILES string of the molecule is CNC1C([N+](C)(C)c2nc(Nc3cccc(C)c3)c(C(N)=O)cc2F)CCCC1(F)F. The standard InChI is InChI=1S/C22H28F3N5O/c1-13-7-5-8-14(11-13)28-20-15(19(26)31)12-16(23)21(29-20)30(3,4)17-9-6-10-22(24,25)18(17)27-2/h5,7-8,11-12,17-18,27H,6,9-10H2,1-4H3,(H2-,26,28,29,31)/p+1. The van der Waals surface area contributed by atoms with E-state index in [9.17, 15) is 13.6 Å². The third kappa shape index (κ3) is 4.52. The lowest BCUT2D eigenvalue weighted by Gasteiger charge is -2.45. The molecule has 1 aromatic carbocycles. The van der Waals surface area contributed by atoms with Gasteiger partial charge in [0.1, 0.15) is 17.9 Å². The average molecular weight is 437 g/mol. The van der Waals surface area contributed by atoms with E-state index in [0.29, 0.717) is 18.5 Å². The van der Waals surface area contributed by atoms with Gasteiger partial charge >= 0.3 is 0 Å². The lowest BCUT2D eigenvalue weighted by molar-refractivity contribution is -0.0862. The van der Waals surface area contributed by atoms with Crippen LogP contribution in [0.5, 0.6) is 0 Å². The van der Waals surface area contributed by atoms with Crippen molar-refractivity contribution in [3.63, 3.8) is 0 Å². The van der Waals surface area contributed by atoms with Crippen molar-refractivity contribution >= 4 is 23.2 Å². The van der Waals surface area contributed by atoms with Crippen LogP contribution >= 0.6 is 0 Å². The topological polar surface area (TPSA) is 80.0 Å². The second-order valence-electron chi connectivity index (χ2n) is 8.58. The Labute approximate surface area is 180 Å². The van der Waals surface area contributed by atoms with E-state index in [0.717, 1.165) is 11.6 Å². The number of alkyl halides is 2. The molecule has 2 unspecified atom stereocenters. The Morgan fingerprint density at radius 3 is 2.61 bits per heavy atom. The molecule has 1 heterocycles. The molecule has 9 heteroatoms. The van der Waals surface area contributed by atoms with E-state index < -0.39 is 29.7 Å². The number of aryl methyl sites for hydroxylation is 1. The predicted molar refractivity (Wildman–Crippen MR) is 116 cm³/mol. The molecule has 3 rings (SSSR count). The normalized spacial score (nSPS) is 21.0. The fourth-order valence-electron chi connectivity index (χ4n) is 4.43. The van der Waals surface area contributed by atoms with Crippen molar-refractivity contribution in [2.24, 2.45) is 5.73 Å². The Hall–Kier alpha value is -2.65. The minimum Gasteiger partial charge on any atom is -0.365 e. The zero-order valence-corrected chi connectivity index (χ0v) is 18.2. The number of pyridine rings is 1. The summed E-state index contributed by atoms with van der Waals surface area (Å²) in [6.07, 6.45) is 0.589. The third-order valence-corrected chi connectivity index (χ3v) is 6.04. The number of quaternary nitrogens is 1. The summed E-state index contributed by atoms with van der Waals surface area (Å²) in [7, 11) is 4.80. The number of benzene rings is 1. The molecular weight excluding hydrogens is 407 g/mol. The monoisotopic (exact) mass is 436 g/mol. The van der Waals surface area contributed by atoms with Crippen LogP contribution < -0.4 is 20.9 Å². The Balaban J connectivity index is 2.08. The third-order valence-electron chi connectivity index (χ3n) is 6.04. The van der Waals surface area contributed by atoms with Crippen LogP contribution in [-0.4, -0.2) is 50.0 Å². The van der Waals surface area contributed by atoms with Crippen LogP contribution in [0.2, 0.25) is 0 Å². The van der Waals surface area contributed by atoms with Gasteiger partial charge in [-0.05, 0) is 44.2 Å². The first-order valence-electron chi connectivity index (χ1n) is 10.2. The van der Waals surface area contributed by atoms with E-state index in [1.807, 2.05) is 25.1 Å². The van der Waals surface area contributed by atoms with Gasteiger partial charge in [-0.15, -0.1) is 0 Å². The molecule has 1 fully saturated rings. The van der Waals surface area contributed by atoms with Crippen LogP contribution in [0.1, 0.15) is 35.2 Å². The molecular formula is C22H29F3N5O+. The Morgan fingerprint density at radius 1 is 1.29 bits per heavy atom. The number of likely N-dealkylation sites (N-methyl/N-ethyl adjacent to an activating group) is 2. The van der Waals surface area contributed by atoms with Crippen LogP contribution in [0, 0.1) is 12.7 Å². The summed E-state index contributed by atoms with van der Waals surface area (Å²) in [6.45, 7) is 1.91. The maximum Gasteiger partial charge on any atom is 0.268 e. The van der Waals surface area contributed by atoms with E-state index in [1.165, 1.54) is 7.05 Å². The van der Waals surface area contributed by atoms with Gasteiger partial charge in [0.15, 0.2) is 0 Å². The predicted octanol–water partition coefficient (Wildman–Crippen LogP) is 3.71. The highest BCUT2D eigenvalue weighted by atomic mass is 19.3. The number of halogens is 3. The van der Waals surface area contributed by atoms with Crippen molar-refractivity contribution in [2.75, 3.05) is 26.5 Å². The summed E-state index contributed by atoms with van der Waals surface area (Å²) in [5.41, 5.74) is 6.96. The second kappa shape index (κ2) is 8.47. The van der Waals surface area contributed by atoms with Gasteiger partial charge in [0.25, 0.3) is 17.6 Å². The molecule has 0 radical (unpaired) electrons. The summed E-state index contributed by atoms with van der Waals surface area (Å²) >= 11 is 0. The smallest absolute Gasteiger partial charge is 0.268 e. The Morgan fingerprint density at radius 2 is 2.00 bits per heavy atom. The fraction of sp³-hybridized carbons (Fsp3) is 0.455. The average Bonchev–Trinajstić information content (AvgIpc) is 2.67. The number of anilines is 2. The zero-order valence-electron chi connectivity index (χ0n) is 18.2. The summed E-state index contributed by atoms with van der Waals surface area (Å²) < 4.78 is 44.1. The molecule has 1 aliphatic rings. The van der Waals surface area contributed by atoms with Crippen molar-refractivity contribution in [3.05, 3.63) is 47.3 Å². The summed E-state index contributed by atoms with van der Waals surface area (Å²) in [4.78, 5) is 16.3. The quantitative estimate of drug-likeness (QED) is 0.603. The molecule has 2 aromatic rings. The van der Waals surface area contributed by atoms with Gasteiger partial charge in [-0.1, -0.05) is 12.1 Å². The largest absolute Gasteiger partial charge is 0.365 e. The number of rotatable bonds is 6. The van der Waals surface area contributed by atoms with Crippen molar-refractivity contribution in [1.82, 2.24) is 14.8 Å². The van der Waals surface area contributed by atoms with Crippen LogP contribution in [0.4, 0.5) is 30.5 Å².